The Morgan fingerprint density at radius 1 is 0.833 bits per heavy atom. The summed E-state index contributed by atoms with van der Waals surface area (Å²) in [5.74, 6) is 0.825. The molecule has 0 amide bonds. The molecule has 0 bridgehead atoms. The summed E-state index contributed by atoms with van der Waals surface area (Å²) >= 11 is 0. The highest BCUT2D eigenvalue weighted by Crippen LogP contribution is 2.70. The summed E-state index contributed by atoms with van der Waals surface area (Å²) < 4.78 is 28.8. The average Bonchev–Trinajstić information content (AvgIpc) is 3.61. The van der Waals surface area contributed by atoms with Crippen LogP contribution in [0.1, 0.15) is 78.6 Å². The van der Waals surface area contributed by atoms with Gasteiger partial charge in [-0.2, -0.15) is 0 Å². The molecule has 7 rings (SSSR count). The van der Waals surface area contributed by atoms with Gasteiger partial charge in [-0.3, -0.25) is 0 Å². The first kappa shape index (κ1) is 35.2. The van der Waals surface area contributed by atoms with Crippen molar-refractivity contribution in [1.29, 1.82) is 0 Å². The molecule has 4 aliphatic carbocycles. The third-order valence-electron chi connectivity index (χ3n) is 14.2. The summed E-state index contributed by atoms with van der Waals surface area (Å²) in [5, 5.41) is 74.7. The van der Waals surface area contributed by atoms with E-state index in [9.17, 15) is 40.5 Å². The summed E-state index contributed by atoms with van der Waals surface area (Å²) in [6.07, 6.45) is -4.12. The Labute approximate surface area is 281 Å². The van der Waals surface area contributed by atoms with Gasteiger partial charge in [-0.15, -0.1) is 0 Å². The number of carbonyl (C=O) groups is 1. The lowest BCUT2D eigenvalue weighted by molar-refractivity contribution is -0.360. The van der Waals surface area contributed by atoms with E-state index in [1.165, 1.54) is 0 Å². The zero-order valence-electron chi connectivity index (χ0n) is 28.1. The second-order valence-electron chi connectivity index (χ2n) is 16.3. The minimum absolute atomic E-state index is 0.0345. The van der Waals surface area contributed by atoms with Crippen molar-refractivity contribution in [3.05, 3.63) is 11.6 Å². The molecule has 0 spiro atoms. The van der Waals surface area contributed by atoms with Crippen LogP contribution in [0.3, 0.4) is 0 Å². The molecule has 0 unspecified atom stereocenters. The Hall–Kier alpha value is -1.23. The molecule has 48 heavy (non-hydrogen) atoms. The van der Waals surface area contributed by atoms with Crippen LogP contribution < -0.4 is 0 Å². The van der Waals surface area contributed by atoms with E-state index in [0.29, 0.717) is 18.4 Å². The Bertz CT molecular complexity index is 1240. The quantitative estimate of drug-likeness (QED) is 0.149. The van der Waals surface area contributed by atoms with Crippen molar-refractivity contribution in [2.45, 2.75) is 152 Å². The van der Waals surface area contributed by atoms with Crippen LogP contribution in [0.25, 0.3) is 0 Å². The molecular weight excluding hydrogens is 628 g/mol. The van der Waals surface area contributed by atoms with Gasteiger partial charge in [0.05, 0.1) is 24.4 Å². The Kier molecular flexibility index (Phi) is 9.36. The lowest BCUT2D eigenvalue weighted by atomic mass is 9.43. The fourth-order valence-corrected chi connectivity index (χ4v) is 11.3. The minimum Gasteiger partial charge on any atom is -0.458 e. The van der Waals surface area contributed by atoms with E-state index >= 15 is 0 Å². The van der Waals surface area contributed by atoms with E-state index in [2.05, 4.69) is 13.8 Å². The molecular formula is C35H54O13. The fraction of sp³-hybridized carbons (Fsp3) is 0.914. The second-order valence-corrected chi connectivity index (χ2v) is 16.3. The van der Waals surface area contributed by atoms with Gasteiger partial charge in [0.25, 0.3) is 0 Å². The smallest absolute Gasteiger partial charge is 0.331 e. The number of cyclic esters (lactones) is 1. The van der Waals surface area contributed by atoms with Crippen LogP contribution in [0.2, 0.25) is 0 Å². The number of esters is 1. The Morgan fingerprint density at radius 3 is 2.27 bits per heavy atom. The predicted molar refractivity (Wildman–Crippen MR) is 166 cm³/mol. The SMILES string of the molecule is C[C@@H]1O[C@H](O[C@H]2CC[C@@]3(C)[C@H](CC[C@@H]4[C@@H]3CC[C@]3(C)[C@@H](C5=CC(=O)OC5)CC[C@]43O)C2)[C@H](O)[C@H](O)[C@@H]1O[C@@H]1O[C@@H](CO)[C@@H](O)[C@H](O)[C@H]1O. The normalized spacial score (nSPS) is 55.3. The van der Waals surface area contributed by atoms with Gasteiger partial charge in [-0.25, -0.2) is 4.79 Å². The highest BCUT2D eigenvalue weighted by molar-refractivity contribution is 5.85. The lowest BCUT2D eigenvalue weighted by Gasteiger charge is -2.64. The van der Waals surface area contributed by atoms with Gasteiger partial charge in [-0.1, -0.05) is 13.8 Å². The van der Waals surface area contributed by atoms with Crippen molar-refractivity contribution >= 4 is 5.97 Å². The van der Waals surface area contributed by atoms with Gasteiger partial charge >= 0.3 is 5.97 Å². The number of hydrogen-bond acceptors (Lipinski definition) is 13. The molecule has 0 aromatic carbocycles. The number of hydrogen-bond donors (Lipinski definition) is 7. The molecule has 18 atom stereocenters. The molecule has 3 heterocycles. The van der Waals surface area contributed by atoms with Gasteiger partial charge in [0.2, 0.25) is 0 Å². The van der Waals surface area contributed by atoms with E-state index in [4.69, 9.17) is 23.7 Å². The van der Waals surface area contributed by atoms with Crippen molar-refractivity contribution < 1.29 is 64.2 Å². The number of rotatable bonds is 6. The van der Waals surface area contributed by atoms with Crippen LogP contribution >= 0.6 is 0 Å². The number of carbonyl (C=O) groups excluding carboxylic acids is 1. The molecule has 4 saturated carbocycles. The molecule has 13 heteroatoms. The van der Waals surface area contributed by atoms with E-state index in [1.807, 2.05) is 0 Å². The zero-order valence-corrected chi connectivity index (χ0v) is 28.1. The highest BCUT2D eigenvalue weighted by Gasteiger charge is 2.68. The fourth-order valence-electron chi connectivity index (χ4n) is 11.3. The molecule has 13 nitrogen and oxygen atoms in total. The molecule has 0 aromatic rings. The molecule has 2 saturated heterocycles. The van der Waals surface area contributed by atoms with E-state index in [1.54, 1.807) is 13.0 Å². The van der Waals surface area contributed by atoms with E-state index in [-0.39, 0.29) is 34.7 Å². The van der Waals surface area contributed by atoms with Crippen molar-refractivity contribution in [2.75, 3.05) is 13.2 Å². The van der Waals surface area contributed by atoms with Gasteiger partial charge in [0.1, 0.15) is 49.3 Å². The molecule has 3 aliphatic heterocycles. The van der Waals surface area contributed by atoms with Crippen LogP contribution in [-0.2, 0) is 28.5 Å². The maximum atomic E-state index is 12.5. The number of aliphatic hydroxyl groups is 7. The number of fused-ring (bicyclic) bond motifs is 5. The molecule has 272 valence electrons. The first-order chi connectivity index (χ1) is 22.7. The highest BCUT2D eigenvalue weighted by atomic mass is 16.7. The average molecular weight is 683 g/mol. The van der Waals surface area contributed by atoms with Crippen molar-refractivity contribution in [1.82, 2.24) is 0 Å². The van der Waals surface area contributed by atoms with E-state index < -0.39 is 73.6 Å². The lowest BCUT2D eigenvalue weighted by Crippen LogP contribution is -2.64. The molecule has 0 radical (unpaired) electrons. The molecule has 7 N–H and O–H groups in total. The van der Waals surface area contributed by atoms with Crippen LogP contribution in [0.15, 0.2) is 11.6 Å². The van der Waals surface area contributed by atoms with Gasteiger partial charge in [-0.05, 0) is 99.4 Å². The third-order valence-corrected chi connectivity index (χ3v) is 14.2. The maximum absolute atomic E-state index is 12.5. The molecule has 6 fully saturated rings. The molecule has 7 aliphatic rings. The van der Waals surface area contributed by atoms with E-state index in [0.717, 1.165) is 63.4 Å². The van der Waals surface area contributed by atoms with Gasteiger partial charge < -0.3 is 59.4 Å². The van der Waals surface area contributed by atoms with Crippen LogP contribution in [0.5, 0.6) is 0 Å². The monoisotopic (exact) mass is 682 g/mol. The van der Waals surface area contributed by atoms with Crippen LogP contribution in [0, 0.1) is 34.5 Å². The number of ether oxygens (including phenoxy) is 5. The van der Waals surface area contributed by atoms with Crippen LogP contribution in [0.4, 0.5) is 0 Å². The predicted octanol–water partition coefficient (Wildman–Crippen LogP) is 0.280. The molecule has 0 aromatic heterocycles. The summed E-state index contributed by atoms with van der Waals surface area (Å²) in [6.45, 7) is 5.97. The van der Waals surface area contributed by atoms with Crippen molar-refractivity contribution in [3.8, 4) is 0 Å². The van der Waals surface area contributed by atoms with Gasteiger partial charge in [0.15, 0.2) is 12.6 Å². The Morgan fingerprint density at radius 2 is 1.56 bits per heavy atom. The standard InChI is InChI=1S/C35H54O13/c1-16-30(48-32-28(41)26(39)25(38)23(14-36)47-32)27(40)29(42)31(45-16)46-19-6-9-33(2)18(13-19)4-5-22-21(33)7-10-34(3)20(8-11-35(22,34)43)17-12-24(37)44-15-17/h12,16,18-23,25-32,36,38-43H,4-11,13-15H2,1-3H3/t16-,18+,19-,20+,21-,22+,23-,25+,26-,27-,28+,29+,30+,31+,32-,33-,34+,35-/m0/s1. The number of aliphatic hydroxyl groups excluding tert-OH is 6. The largest absolute Gasteiger partial charge is 0.458 e. The first-order valence-corrected chi connectivity index (χ1v) is 17.9. The van der Waals surface area contributed by atoms with Crippen molar-refractivity contribution in [2.24, 2.45) is 34.5 Å². The summed E-state index contributed by atoms with van der Waals surface area (Å²) in [4.78, 5) is 11.9. The zero-order chi connectivity index (χ0) is 34.3. The minimum atomic E-state index is -1.65. The summed E-state index contributed by atoms with van der Waals surface area (Å²) in [6, 6.07) is 0. The van der Waals surface area contributed by atoms with Gasteiger partial charge in [0, 0.05) is 11.5 Å². The van der Waals surface area contributed by atoms with Crippen molar-refractivity contribution in [3.63, 3.8) is 0 Å². The maximum Gasteiger partial charge on any atom is 0.331 e. The first-order valence-electron chi connectivity index (χ1n) is 17.9. The summed E-state index contributed by atoms with van der Waals surface area (Å²) in [7, 11) is 0. The topological polar surface area (TPSA) is 205 Å². The third kappa shape index (κ3) is 5.42. The second kappa shape index (κ2) is 12.8. The Balaban J connectivity index is 0.977. The summed E-state index contributed by atoms with van der Waals surface area (Å²) in [5.41, 5.74) is 0.00280. The van der Waals surface area contributed by atoms with Crippen LogP contribution in [-0.4, -0.2) is 128 Å².